The second-order valence-corrected chi connectivity index (χ2v) is 6.93. The molecule has 2 aromatic rings. The van der Waals surface area contributed by atoms with E-state index in [1.165, 1.54) is 11.1 Å². The number of amides is 1. The van der Waals surface area contributed by atoms with Gasteiger partial charge in [-0.25, -0.2) is 0 Å². The third kappa shape index (κ3) is 5.09. The van der Waals surface area contributed by atoms with Crippen LogP contribution < -0.4 is 10.1 Å². The maximum atomic E-state index is 12.7. The first-order valence-electron chi connectivity index (χ1n) is 8.92. The van der Waals surface area contributed by atoms with Crippen molar-refractivity contribution in [3.63, 3.8) is 0 Å². The van der Waals surface area contributed by atoms with E-state index in [-0.39, 0.29) is 11.9 Å². The highest BCUT2D eigenvalue weighted by Crippen LogP contribution is 2.21. The standard InChI is InChI=1S/C22H29NO2/c1-7-21(25-19-11-15(3)10-16(4)12-19)22(24)23-18(6)20-13-14(2)8-9-17(20)5/h8-13,18,21H,7H2,1-6H3,(H,23,24)/t18-,21+/m0/s1. The summed E-state index contributed by atoms with van der Waals surface area (Å²) < 4.78 is 5.97. The summed E-state index contributed by atoms with van der Waals surface area (Å²) in [6.45, 7) is 12.2. The van der Waals surface area contributed by atoms with Gasteiger partial charge in [-0.15, -0.1) is 0 Å². The number of nitrogens with one attached hydrogen (secondary N) is 1. The van der Waals surface area contributed by atoms with Crippen molar-refractivity contribution in [1.82, 2.24) is 5.32 Å². The summed E-state index contributed by atoms with van der Waals surface area (Å²) in [7, 11) is 0. The van der Waals surface area contributed by atoms with E-state index in [1.807, 2.05) is 39.8 Å². The largest absolute Gasteiger partial charge is 0.481 e. The second kappa shape index (κ2) is 8.19. The molecule has 0 spiro atoms. The summed E-state index contributed by atoms with van der Waals surface area (Å²) in [6.07, 6.45) is 0.131. The Labute approximate surface area is 151 Å². The Hall–Kier alpha value is -2.29. The number of carbonyl (C=O) groups excluding carboxylic acids is 1. The van der Waals surface area contributed by atoms with Gasteiger partial charge in [0.25, 0.3) is 5.91 Å². The molecule has 0 aliphatic rings. The lowest BCUT2D eigenvalue weighted by Crippen LogP contribution is -2.39. The molecule has 25 heavy (non-hydrogen) atoms. The fourth-order valence-electron chi connectivity index (χ4n) is 3.10. The molecule has 0 fully saturated rings. The van der Waals surface area contributed by atoms with Crippen molar-refractivity contribution in [2.24, 2.45) is 0 Å². The fraction of sp³-hybridized carbons (Fsp3) is 0.409. The van der Waals surface area contributed by atoms with E-state index < -0.39 is 6.10 Å². The van der Waals surface area contributed by atoms with E-state index in [4.69, 9.17) is 4.74 Å². The maximum Gasteiger partial charge on any atom is 0.261 e. The van der Waals surface area contributed by atoms with Gasteiger partial charge in [-0.3, -0.25) is 4.79 Å². The Bertz CT molecular complexity index is 731. The average Bonchev–Trinajstić information content (AvgIpc) is 2.53. The van der Waals surface area contributed by atoms with Crippen LogP contribution in [0.4, 0.5) is 0 Å². The Kier molecular flexibility index (Phi) is 6.24. The Morgan fingerprint density at radius 2 is 1.64 bits per heavy atom. The van der Waals surface area contributed by atoms with Gasteiger partial charge in [-0.05, 0) is 75.4 Å². The Morgan fingerprint density at radius 3 is 2.24 bits per heavy atom. The summed E-state index contributed by atoms with van der Waals surface area (Å²) in [5.41, 5.74) is 5.79. The van der Waals surface area contributed by atoms with Crippen molar-refractivity contribution < 1.29 is 9.53 Å². The first-order chi connectivity index (χ1) is 11.8. The highest BCUT2D eigenvalue weighted by atomic mass is 16.5. The molecule has 0 aliphatic heterocycles. The molecule has 1 amide bonds. The van der Waals surface area contributed by atoms with Crippen molar-refractivity contribution >= 4 is 5.91 Å². The van der Waals surface area contributed by atoms with Crippen LogP contribution in [0.2, 0.25) is 0 Å². The van der Waals surface area contributed by atoms with Crippen LogP contribution in [-0.4, -0.2) is 12.0 Å². The van der Waals surface area contributed by atoms with Crippen LogP contribution in [0, 0.1) is 27.7 Å². The molecule has 0 aliphatic carbocycles. The molecule has 0 heterocycles. The lowest BCUT2D eigenvalue weighted by Gasteiger charge is -2.22. The van der Waals surface area contributed by atoms with Crippen molar-refractivity contribution in [3.8, 4) is 5.75 Å². The summed E-state index contributed by atoms with van der Waals surface area (Å²) in [5.74, 6) is 0.675. The fourth-order valence-corrected chi connectivity index (χ4v) is 3.10. The van der Waals surface area contributed by atoms with Gasteiger partial charge in [0.05, 0.1) is 6.04 Å². The van der Waals surface area contributed by atoms with Crippen LogP contribution in [0.15, 0.2) is 36.4 Å². The summed E-state index contributed by atoms with van der Waals surface area (Å²) in [6, 6.07) is 12.3. The highest BCUT2D eigenvalue weighted by Gasteiger charge is 2.21. The van der Waals surface area contributed by atoms with Gasteiger partial charge in [-0.2, -0.15) is 0 Å². The minimum absolute atomic E-state index is 0.0516. The van der Waals surface area contributed by atoms with Gasteiger partial charge < -0.3 is 10.1 Å². The van der Waals surface area contributed by atoms with E-state index in [0.717, 1.165) is 22.4 Å². The predicted molar refractivity (Wildman–Crippen MR) is 103 cm³/mol. The highest BCUT2D eigenvalue weighted by molar-refractivity contribution is 5.81. The van der Waals surface area contributed by atoms with Crippen molar-refractivity contribution in [2.75, 3.05) is 0 Å². The molecule has 0 unspecified atom stereocenters. The molecule has 0 saturated heterocycles. The van der Waals surface area contributed by atoms with Crippen LogP contribution in [0.1, 0.15) is 54.1 Å². The lowest BCUT2D eigenvalue weighted by molar-refractivity contribution is -0.128. The molecule has 2 atom stereocenters. The smallest absolute Gasteiger partial charge is 0.261 e. The molecule has 0 aromatic heterocycles. The Morgan fingerprint density at radius 1 is 1.00 bits per heavy atom. The lowest BCUT2D eigenvalue weighted by atomic mass is 10.00. The third-order valence-corrected chi connectivity index (χ3v) is 4.40. The zero-order valence-electron chi connectivity index (χ0n) is 16.1. The van der Waals surface area contributed by atoms with Gasteiger partial charge in [0.15, 0.2) is 6.10 Å². The molecule has 134 valence electrons. The number of hydrogen-bond donors (Lipinski definition) is 1. The van der Waals surface area contributed by atoms with Crippen molar-refractivity contribution in [1.29, 1.82) is 0 Å². The van der Waals surface area contributed by atoms with E-state index in [0.29, 0.717) is 6.42 Å². The number of benzene rings is 2. The average molecular weight is 339 g/mol. The quantitative estimate of drug-likeness (QED) is 0.808. The molecule has 3 heteroatoms. The molecule has 0 radical (unpaired) electrons. The number of aryl methyl sites for hydroxylation is 4. The van der Waals surface area contributed by atoms with Crippen LogP contribution in [0.5, 0.6) is 5.75 Å². The maximum absolute atomic E-state index is 12.7. The molecule has 2 aromatic carbocycles. The molecular weight excluding hydrogens is 310 g/mol. The topological polar surface area (TPSA) is 38.3 Å². The summed E-state index contributed by atoms with van der Waals surface area (Å²) in [4.78, 5) is 12.7. The van der Waals surface area contributed by atoms with Gasteiger partial charge in [-0.1, -0.05) is 36.8 Å². The van der Waals surface area contributed by atoms with Crippen molar-refractivity contribution in [3.05, 3.63) is 64.2 Å². The molecule has 2 rings (SSSR count). The normalized spacial score (nSPS) is 13.2. The number of rotatable bonds is 6. The van der Waals surface area contributed by atoms with Gasteiger partial charge >= 0.3 is 0 Å². The van der Waals surface area contributed by atoms with Crippen LogP contribution in [0.3, 0.4) is 0 Å². The Balaban J connectivity index is 2.10. The van der Waals surface area contributed by atoms with Crippen molar-refractivity contribution in [2.45, 2.75) is 60.1 Å². The molecule has 1 N–H and O–H groups in total. The van der Waals surface area contributed by atoms with Gasteiger partial charge in [0, 0.05) is 0 Å². The zero-order chi connectivity index (χ0) is 18.6. The van der Waals surface area contributed by atoms with E-state index in [9.17, 15) is 4.79 Å². The van der Waals surface area contributed by atoms with Gasteiger partial charge in [0.1, 0.15) is 5.75 Å². The monoisotopic (exact) mass is 339 g/mol. The molecule has 0 saturated carbocycles. The van der Waals surface area contributed by atoms with Crippen LogP contribution >= 0.6 is 0 Å². The van der Waals surface area contributed by atoms with Crippen LogP contribution in [-0.2, 0) is 4.79 Å². The van der Waals surface area contributed by atoms with Crippen LogP contribution in [0.25, 0.3) is 0 Å². The number of ether oxygens (including phenoxy) is 1. The SMILES string of the molecule is CC[C@@H](Oc1cc(C)cc(C)c1)C(=O)N[C@@H](C)c1cc(C)ccc1C. The van der Waals surface area contributed by atoms with Gasteiger partial charge in [0.2, 0.25) is 0 Å². The van der Waals surface area contributed by atoms with E-state index in [2.05, 4.69) is 43.4 Å². The number of hydrogen-bond acceptors (Lipinski definition) is 2. The molecular formula is C22H29NO2. The predicted octanol–water partition coefficient (Wildman–Crippen LogP) is 4.96. The molecule has 3 nitrogen and oxygen atoms in total. The summed E-state index contributed by atoms with van der Waals surface area (Å²) in [5, 5.41) is 3.10. The zero-order valence-corrected chi connectivity index (χ0v) is 16.1. The minimum atomic E-state index is -0.492. The molecule has 0 bridgehead atoms. The minimum Gasteiger partial charge on any atom is -0.481 e. The number of carbonyl (C=O) groups is 1. The summed E-state index contributed by atoms with van der Waals surface area (Å²) >= 11 is 0. The third-order valence-electron chi connectivity index (χ3n) is 4.40. The first-order valence-corrected chi connectivity index (χ1v) is 8.92. The second-order valence-electron chi connectivity index (χ2n) is 6.93. The van der Waals surface area contributed by atoms with E-state index in [1.54, 1.807) is 0 Å². The first kappa shape index (κ1) is 19.0. The van der Waals surface area contributed by atoms with E-state index >= 15 is 0 Å².